The van der Waals surface area contributed by atoms with Gasteiger partial charge in [-0.25, -0.2) is 4.39 Å². The summed E-state index contributed by atoms with van der Waals surface area (Å²) in [5.41, 5.74) is 3.15. The van der Waals surface area contributed by atoms with E-state index in [2.05, 4.69) is 20.2 Å². The molecule has 0 fully saturated rings. The Hall–Kier alpha value is -2.93. The minimum Gasteiger partial charge on any atom is -0.268 e. The molecule has 0 bridgehead atoms. The van der Waals surface area contributed by atoms with Crippen LogP contribution < -0.4 is 0 Å². The Morgan fingerprint density at radius 3 is 2.48 bits per heavy atom. The summed E-state index contributed by atoms with van der Waals surface area (Å²) in [5, 5.41) is 7.08. The molecule has 0 aliphatic rings. The highest BCUT2D eigenvalue weighted by molar-refractivity contribution is 7.71. The van der Waals surface area contributed by atoms with Gasteiger partial charge in [0.05, 0.1) is 16.7 Å². The van der Waals surface area contributed by atoms with Gasteiger partial charge in [-0.3, -0.25) is 19.6 Å². The lowest BCUT2D eigenvalue weighted by Crippen LogP contribution is -1.98. The van der Waals surface area contributed by atoms with E-state index in [4.69, 9.17) is 12.2 Å². The molecule has 0 saturated heterocycles. The number of rotatable bonds is 2. The molecular formula is C16H10FN5S. The van der Waals surface area contributed by atoms with Gasteiger partial charge >= 0.3 is 0 Å². The molecule has 0 radical (unpaired) electrons. The Morgan fingerprint density at radius 1 is 0.957 bits per heavy atom. The average molecular weight is 323 g/mol. The van der Waals surface area contributed by atoms with E-state index in [0.717, 1.165) is 22.3 Å². The van der Waals surface area contributed by atoms with Gasteiger partial charge in [0.25, 0.3) is 0 Å². The molecule has 0 spiro atoms. The summed E-state index contributed by atoms with van der Waals surface area (Å²) in [5.74, 6) is 0.334. The predicted molar refractivity (Wildman–Crippen MR) is 87.2 cm³/mol. The fourth-order valence-corrected chi connectivity index (χ4v) is 2.66. The van der Waals surface area contributed by atoms with Crippen LogP contribution in [0.1, 0.15) is 0 Å². The first kappa shape index (κ1) is 13.7. The Balaban J connectivity index is 1.92. The molecule has 0 unspecified atom stereocenters. The lowest BCUT2D eigenvalue weighted by Gasteiger charge is -2.07. The average Bonchev–Trinajstić information content (AvgIpc) is 2.97. The highest BCUT2D eigenvalue weighted by Crippen LogP contribution is 2.24. The lowest BCUT2D eigenvalue weighted by atomic mass is 10.1. The Kier molecular flexibility index (Phi) is 3.20. The Labute approximate surface area is 135 Å². The number of nitrogens with one attached hydrogen (secondary N) is 1. The smallest absolute Gasteiger partial charge is 0.200 e. The van der Waals surface area contributed by atoms with E-state index in [9.17, 15) is 4.39 Å². The maximum absolute atomic E-state index is 13.2. The number of aromatic nitrogens is 5. The summed E-state index contributed by atoms with van der Waals surface area (Å²) in [6, 6.07) is 11.8. The van der Waals surface area contributed by atoms with E-state index in [1.165, 1.54) is 12.1 Å². The van der Waals surface area contributed by atoms with Gasteiger partial charge in [0.15, 0.2) is 10.6 Å². The molecule has 0 amide bonds. The fraction of sp³-hybridized carbons (Fsp3) is 0. The zero-order valence-electron chi connectivity index (χ0n) is 11.8. The lowest BCUT2D eigenvalue weighted by molar-refractivity contribution is 0.627. The second kappa shape index (κ2) is 5.36. The van der Waals surface area contributed by atoms with Crippen molar-refractivity contribution in [2.24, 2.45) is 0 Å². The van der Waals surface area contributed by atoms with E-state index in [1.54, 1.807) is 29.1 Å². The van der Waals surface area contributed by atoms with Crippen LogP contribution in [0.2, 0.25) is 0 Å². The van der Waals surface area contributed by atoms with E-state index < -0.39 is 0 Å². The van der Waals surface area contributed by atoms with Gasteiger partial charge in [0.1, 0.15) is 5.82 Å². The number of fused-ring (bicyclic) bond motifs is 1. The summed E-state index contributed by atoms with van der Waals surface area (Å²) in [6.45, 7) is 0. The van der Waals surface area contributed by atoms with Crippen LogP contribution in [0.3, 0.4) is 0 Å². The van der Waals surface area contributed by atoms with Crippen LogP contribution in [0, 0.1) is 10.6 Å². The topological polar surface area (TPSA) is 59.4 Å². The van der Waals surface area contributed by atoms with Crippen LogP contribution >= 0.6 is 12.2 Å². The molecule has 2 aromatic heterocycles. The molecule has 2 heterocycles. The molecule has 1 N–H and O–H groups in total. The van der Waals surface area contributed by atoms with Gasteiger partial charge in [-0.2, -0.15) is 5.10 Å². The van der Waals surface area contributed by atoms with Crippen LogP contribution in [0.15, 0.2) is 54.9 Å². The monoisotopic (exact) mass is 323 g/mol. The van der Waals surface area contributed by atoms with Crippen LogP contribution in [0.5, 0.6) is 0 Å². The van der Waals surface area contributed by atoms with Crippen molar-refractivity contribution in [3.05, 3.63) is 65.4 Å². The normalized spacial score (nSPS) is 11.0. The summed E-state index contributed by atoms with van der Waals surface area (Å²) < 4.78 is 15.3. The number of nitrogens with zero attached hydrogens (tertiary/aromatic N) is 4. The zero-order chi connectivity index (χ0) is 15.8. The second-order valence-corrected chi connectivity index (χ2v) is 5.31. The van der Waals surface area contributed by atoms with Crippen LogP contribution in [0.25, 0.3) is 28.1 Å². The van der Waals surface area contributed by atoms with Crippen LogP contribution in [0.4, 0.5) is 4.39 Å². The molecule has 0 aliphatic heterocycles. The third kappa shape index (κ3) is 2.40. The first-order valence-electron chi connectivity index (χ1n) is 6.87. The van der Waals surface area contributed by atoms with Gasteiger partial charge < -0.3 is 0 Å². The number of H-pyrrole nitrogens is 1. The molecule has 5 nitrogen and oxygen atoms in total. The summed E-state index contributed by atoms with van der Waals surface area (Å²) in [7, 11) is 0. The molecule has 0 aliphatic carbocycles. The van der Waals surface area contributed by atoms with Crippen molar-refractivity contribution >= 4 is 23.3 Å². The molecule has 112 valence electrons. The first-order valence-corrected chi connectivity index (χ1v) is 7.28. The fourth-order valence-electron chi connectivity index (χ4n) is 2.42. The van der Waals surface area contributed by atoms with Gasteiger partial charge in [-0.05, 0) is 54.7 Å². The van der Waals surface area contributed by atoms with Crippen molar-refractivity contribution in [2.45, 2.75) is 0 Å². The van der Waals surface area contributed by atoms with Gasteiger partial charge in [0.2, 0.25) is 0 Å². The Morgan fingerprint density at radius 2 is 1.70 bits per heavy atom. The maximum Gasteiger partial charge on any atom is 0.200 e. The third-order valence-electron chi connectivity index (χ3n) is 3.48. The van der Waals surface area contributed by atoms with E-state index >= 15 is 0 Å². The standard InChI is InChI=1S/C16H10FN5S/c17-11-2-4-12(5-3-11)22-15(20-21-16(22)23)10-1-6-13-14(9-10)19-8-7-18-13/h1-9H,(H,21,23). The molecule has 23 heavy (non-hydrogen) atoms. The van der Waals surface area contributed by atoms with Gasteiger partial charge in [0, 0.05) is 18.0 Å². The minimum atomic E-state index is -0.300. The maximum atomic E-state index is 13.2. The van der Waals surface area contributed by atoms with Crippen LogP contribution in [-0.2, 0) is 0 Å². The highest BCUT2D eigenvalue weighted by atomic mass is 32.1. The second-order valence-electron chi connectivity index (χ2n) is 4.92. The molecule has 7 heteroatoms. The molecule has 0 saturated carbocycles. The molecule has 4 aromatic rings. The van der Waals surface area contributed by atoms with Crippen molar-refractivity contribution in [1.29, 1.82) is 0 Å². The highest BCUT2D eigenvalue weighted by Gasteiger charge is 2.12. The zero-order valence-corrected chi connectivity index (χ0v) is 12.6. The number of hydrogen-bond donors (Lipinski definition) is 1. The molecule has 4 rings (SSSR count). The Bertz CT molecular complexity index is 1050. The minimum absolute atomic E-state index is 0.300. The van der Waals surface area contributed by atoms with Crippen molar-refractivity contribution in [2.75, 3.05) is 0 Å². The number of halogens is 1. The van der Waals surface area contributed by atoms with E-state index in [-0.39, 0.29) is 5.82 Å². The quantitative estimate of drug-likeness (QED) is 0.572. The van der Waals surface area contributed by atoms with E-state index in [0.29, 0.717) is 10.6 Å². The van der Waals surface area contributed by atoms with E-state index in [1.807, 2.05) is 18.2 Å². The van der Waals surface area contributed by atoms with Crippen molar-refractivity contribution in [3.63, 3.8) is 0 Å². The van der Waals surface area contributed by atoms with Crippen LogP contribution in [-0.4, -0.2) is 24.7 Å². The number of hydrogen-bond acceptors (Lipinski definition) is 4. The molecule has 0 atom stereocenters. The molecule has 2 aromatic carbocycles. The largest absolute Gasteiger partial charge is 0.268 e. The van der Waals surface area contributed by atoms with Gasteiger partial charge in [-0.15, -0.1) is 0 Å². The third-order valence-corrected chi connectivity index (χ3v) is 3.76. The van der Waals surface area contributed by atoms with Gasteiger partial charge in [-0.1, -0.05) is 0 Å². The number of aromatic amines is 1. The summed E-state index contributed by atoms with van der Waals surface area (Å²) in [6.07, 6.45) is 3.29. The summed E-state index contributed by atoms with van der Waals surface area (Å²) >= 11 is 5.31. The molecular weight excluding hydrogens is 313 g/mol. The first-order chi connectivity index (χ1) is 11.2. The predicted octanol–water partition coefficient (Wildman–Crippen LogP) is 3.68. The van der Waals surface area contributed by atoms with Crippen molar-refractivity contribution < 1.29 is 4.39 Å². The SMILES string of the molecule is Fc1ccc(-n2c(-c3ccc4nccnc4c3)n[nH]c2=S)cc1. The summed E-state index contributed by atoms with van der Waals surface area (Å²) in [4.78, 5) is 8.55. The van der Waals surface area contributed by atoms with Crippen molar-refractivity contribution in [1.82, 2.24) is 24.7 Å². The van der Waals surface area contributed by atoms with Crippen molar-refractivity contribution in [3.8, 4) is 17.1 Å². The number of benzene rings is 2.